The van der Waals surface area contributed by atoms with Crippen molar-refractivity contribution in [3.8, 4) is 11.4 Å². The van der Waals surface area contributed by atoms with Gasteiger partial charge in [0, 0.05) is 17.0 Å². The van der Waals surface area contributed by atoms with E-state index in [1.54, 1.807) is 6.26 Å². The van der Waals surface area contributed by atoms with E-state index < -0.39 is 0 Å². The monoisotopic (exact) mass is 316 g/mol. The van der Waals surface area contributed by atoms with E-state index in [1.807, 2.05) is 67.6 Å². The molecule has 0 amide bonds. The van der Waals surface area contributed by atoms with Gasteiger partial charge in [0.2, 0.25) is 0 Å². The lowest BCUT2D eigenvalue weighted by molar-refractivity contribution is 0.409. The normalized spacial score (nSPS) is 12.2. The molecule has 1 N–H and O–H groups in total. The largest absolute Gasteiger partial charge is 0.364 e. The molecule has 1 atom stereocenters. The van der Waals surface area contributed by atoms with Crippen LogP contribution in [0.2, 0.25) is 0 Å². The second-order valence-electron chi connectivity index (χ2n) is 5.57. The van der Waals surface area contributed by atoms with Crippen molar-refractivity contribution in [1.82, 2.24) is 15.1 Å². The van der Waals surface area contributed by atoms with Crippen molar-refractivity contribution < 1.29 is 4.52 Å². The van der Waals surface area contributed by atoms with Gasteiger partial charge in [0.05, 0.1) is 11.6 Å². The Bertz CT molecular complexity index is 952. The average Bonchev–Trinajstić information content (AvgIpc) is 3.17. The lowest BCUT2D eigenvalue weighted by Gasteiger charge is -2.15. The molecule has 118 valence electrons. The van der Waals surface area contributed by atoms with Crippen molar-refractivity contribution in [3.63, 3.8) is 0 Å². The summed E-state index contributed by atoms with van der Waals surface area (Å²) in [4.78, 5) is 9.43. The van der Waals surface area contributed by atoms with Gasteiger partial charge >= 0.3 is 0 Å². The molecule has 2 heterocycles. The summed E-state index contributed by atoms with van der Waals surface area (Å²) in [6.45, 7) is 2.02. The Labute approximate surface area is 139 Å². The topological polar surface area (TPSA) is 63.8 Å². The van der Waals surface area contributed by atoms with E-state index in [-0.39, 0.29) is 6.04 Å². The van der Waals surface area contributed by atoms with Crippen LogP contribution in [0.25, 0.3) is 22.3 Å². The maximum atomic E-state index is 4.93. The van der Waals surface area contributed by atoms with E-state index in [9.17, 15) is 0 Å². The summed E-state index contributed by atoms with van der Waals surface area (Å²) in [6.07, 6.45) is 1.57. The second kappa shape index (κ2) is 6.12. The van der Waals surface area contributed by atoms with E-state index in [0.29, 0.717) is 5.82 Å². The standard InChI is InChI=1S/C19H16N4O/c1-13(16-11-12-24-23-16)20-19-15-9-5-6-10-17(15)21-18(22-19)14-7-3-2-4-8-14/h2-13H,1H3,(H,20,21,22)/t13-/m0/s1. The summed E-state index contributed by atoms with van der Waals surface area (Å²) in [6, 6.07) is 19.8. The van der Waals surface area contributed by atoms with E-state index in [0.717, 1.165) is 28.0 Å². The molecule has 0 fully saturated rings. The number of anilines is 1. The van der Waals surface area contributed by atoms with Gasteiger partial charge in [-0.15, -0.1) is 0 Å². The Morgan fingerprint density at radius 3 is 2.50 bits per heavy atom. The van der Waals surface area contributed by atoms with Gasteiger partial charge in [-0.25, -0.2) is 9.97 Å². The highest BCUT2D eigenvalue weighted by atomic mass is 16.5. The highest BCUT2D eigenvalue weighted by molar-refractivity contribution is 5.90. The van der Waals surface area contributed by atoms with E-state index in [4.69, 9.17) is 14.5 Å². The molecular formula is C19H16N4O. The molecule has 5 nitrogen and oxygen atoms in total. The van der Waals surface area contributed by atoms with Crippen LogP contribution in [0, 0.1) is 0 Å². The third kappa shape index (κ3) is 2.72. The van der Waals surface area contributed by atoms with Crippen molar-refractivity contribution >= 4 is 16.7 Å². The van der Waals surface area contributed by atoms with E-state index in [1.165, 1.54) is 0 Å². The number of para-hydroxylation sites is 1. The Balaban J connectivity index is 1.81. The third-order valence-corrected chi connectivity index (χ3v) is 3.89. The zero-order chi connectivity index (χ0) is 16.4. The number of nitrogens with one attached hydrogen (secondary N) is 1. The Morgan fingerprint density at radius 2 is 1.71 bits per heavy atom. The molecule has 24 heavy (non-hydrogen) atoms. The van der Waals surface area contributed by atoms with Crippen LogP contribution in [0.15, 0.2) is 71.4 Å². The highest BCUT2D eigenvalue weighted by Crippen LogP contribution is 2.27. The van der Waals surface area contributed by atoms with Gasteiger partial charge < -0.3 is 9.84 Å². The van der Waals surface area contributed by atoms with Crippen LogP contribution in [-0.4, -0.2) is 15.1 Å². The molecule has 0 spiro atoms. The van der Waals surface area contributed by atoms with Crippen molar-refractivity contribution in [1.29, 1.82) is 0 Å². The van der Waals surface area contributed by atoms with E-state index in [2.05, 4.69) is 10.5 Å². The van der Waals surface area contributed by atoms with Crippen LogP contribution in [0.3, 0.4) is 0 Å². The molecular weight excluding hydrogens is 300 g/mol. The average molecular weight is 316 g/mol. The molecule has 5 heteroatoms. The van der Waals surface area contributed by atoms with Crippen LogP contribution in [0.5, 0.6) is 0 Å². The molecule has 0 saturated carbocycles. The van der Waals surface area contributed by atoms with Gasteiger partial charge in [-0.2, -0.15) is 0 Å². The molecule has 4 aromatic rings. The fraction of sp³-hybridized carbons (Fsp3) is 0.105. The van der Waals surface area contributed by atoms with Crippen molar-refractivity contribution in [2.24, 2.45) is 0 Å². The fourth-order valence-corrected chi connectivity index (χ4v) is 2.63. The summed E-state index contributed by atoms with van der Waals surface area (Å²) in [7, 11) is 0. The van der Waals surface area contributed by atoms with Crippen molar-refractivity contribution in [2.45, 2.75) is 13.0 Å². The minimum absolute atomic E-state index is 0.0225. The number of hydrogen-bond donors (Lipinski definition) is 1. The predicted octanol–water partition coefficient (Wildman–Crippen LogP) is 4.46. The van der Waals surface area contributed by atoms with Gasteiger partial charge in [0.1, 0.15) is 17.8 Å². The first-order valence-corrected chi connectivity index (χ1v) is 7.80. The van der Waals surface area contributed by atoms with Gasteiger partial charge in [-0.05, 0) is 19.1 Å². The molecule has 0 saturated heterocycles. The molecule has 4 rings (SSSR count). The minimum atomic E-state index is -0.0225. The Kier molecular flexibility index (Phi) is 3.67. The zero-order valence-corrected chi connectivity index (χ0v) is 13.2. The molecule has 0 aliphatic rings. The molecule has 0 aliphatic heterocycles. The number of aromatic nitrogens is 3. The lowest BCUT2D eigenvalue weighted by atomic mass is 10.1. The number of rotatable bonds is 4. The van der Waals surface area contributed by atoms with Crippen LogP contribution < -0.4 is 5.32 Å². The third-order valence-electron chi connectivity index (χ3n) is 3.89. The minimum Gasteiger partial charge on any atom is -0.364 e. The summed E-state index contributed by atoms with van der Waals surface area (Å²) < 4.78 is 4.93. The van der Waals surface area contributed by atoms with Gasteiger partial charge in [0.15, 0.2) is 5.82 Å². The van der Waals surface area contributed by atoms with Crippen LogP contribution >= 0.6 is 0 Å². The summed E-state index contributed by atoms with van der Waals surface area (Å²) >= 11 is 0. The van der Waals surface area contributed by atoms with Crippen LogP contribution in [0.1, 0.15) is 18.7 Å². The first-order valence-electron chi connectivity index (χ1n) is 7.80. The smallest absolute Gasteiger partial charge is 0.162 e. The Hall–Kier alpha value is -3.21. The SMILES string of the molecule is C[C@H](Nc1nc(-c2ccccc2)nc2ccccc12)c1ccon1. The van der Waals surface area contributed by atoms with Gasteiger partial charge in [-0.1, -0.05) is 47.6 Å². The molecule has 0 bridgehead atoms. The molecule has 2 aromatic carbocycles. The number of benzene rings is 2. The number of fused-ring (bicyclic) bond motifs is 1. The molecule has 0 aliphatic carbocycles. The maximum absolute atomic E-state index is 4.93. The number of hydrogen-bond acceptors (Lipinski definition) is 5. The maximum Gasteiger partial charge on any atom is 0.162 e. The van der Waals surface area contributed by atoms with Crippen LogP contribution in [-0.2, 0) is 0 Å². The zero-order valence-electron chi connectivity index (χ0n) is 13.2. The molecule has 0 unspecified atom stereocenters. The van der Waals surface area contributed by atoms with Crippen LogP contribution in [0.4, 0.5) is 5.82 Å². The number of nitrogens with zero attached hydrogens (tertiary/aromatic N) is 3. The van der Waals surface area contributed by atoms with Gasteiger partial charge in [0.25, 0.3) is 0 Å². The van der Waals surface area contributed by atoms with Crippen molar-refractivity contribution in [2.75, 3.05) is 5.32 Å². The van der Waals surface area contributed by atoms with E-state index >= 15 is 0 Å². The summed E-state index contributed by atoms with van der Waals surface area (Å²) in [5, 5.41) is 8.40. The summed E-state index contributed by atoms with van der Waals surface area (Å²) in [5.74, 6) is 1.49. The first kappa shape index (κ1) is 14.4. The first-order chi connectivity index (χ1) is 11.8. The predicted molar refractivity (Wildman–Crippen MR) is 93.5 cm³/mol. The lowest BCUT2D eigenvalue weighted by Crippen LogP contribution is -2.09. The molecule has 2 aromatic heterocycles. The van der Waals surface area contributed by atoms with Gasteiger partial charge in [-0.3, -0.25) is 0 Å². The molecule has 0 radical (unpaired) electrons. The second-order valence-corrected chi connectivity index (χ2v) is 5.57. The summed E-state index contributed by atoms with van der Waals surface area (Å²) in [5.41, 5.74) is 2.72. The van der Waals surface area contributed by atoms with Crippen molar-refractivity contribution in [3.05, 3.63) is 72.6 Å². The quantitative estimate of drug-likeness (QED) is 0.602. The Morgan fingerprint density at radius 1 is 0.917 bits per heavy atom. The fourth-order valence-electron chi connectivity index (χ4n) is 2.63. The highest BCUT2D eigenvalue weighted by Gasteiger charge is 2.13.